The summed E-state index contributed by atoms with van der Waals surface area (Å²) in [6.45, 7) is 4.67. The number of carbonyl (C=O) groups excluding carboxylic acids is 4. The molecule has 1 fully saturated rings. The van der Waals surface area contributed by atoms with E-state index in [1.165, 1.54) is 19.1 Å². The number of rotatable bonds is 7. The molecule has 0 aromatic heterocycles. The van der Waals surface area contributed by atoms with Crippen LogP contribution in [0.3, 0.4) is 0 Å². The lowest BCUT2D eigenvalue weighted by Crippen LogP contribution is -2.39. The molecule has 0 radical (unpaired) electrons. The quantitative estimate of drug-likeness (QED) is 0.511. The molecule has 0 saturated heterocycles. The third-order valence-corrected chi connectivity index (χ3v) is 5.10. The van der Waals surface area contributed by atoms with Crippen LogP contribution in [-0.2, 0) is 19.2 Å². The molecule has 1 aromatic rings. The fourth-order valence-corrected chi connectivity index (χ4v) is 3.52. The second kappa shape index (κ2) is 10.4. The zero-order valence-corrected chi connectivity index (χ0v) is 17.5. The van der Waals surface area contributed by atoms with Gasteiger partial charge in [0.2, 0.25) is 11.8 Å². The average Bonchev–Trinajstić information content (AvgIpc) is 3.20. The number of benzene rings is 1. The SMILES string of the molecule is CC=C(NC(=O)C1CCC(c2ccc(NC(C)=O)cc2)C1)C(=O)N/C(=C/C)C(N)=O. The summed E-state index contributed by atoms with van der Waals surface area (Å²) in [6, 6.07) is 7.63. The molecule has 1 saturated carbocycles. The third-order valence-electron chi connectivity index (χ3n) is 5.10. The van der Waals surface area contributed by atoms with Crippen LogP contribution in [0.2, 0.25) is 0 Å². The molecule has 2 rings (SSSR count). The largest absolute Gasteiger partial charge is 0.364 e. The van der Waals surface area contributed by atoms with Crippen LogP contribution in [0.5, 0.6) is 0 Å². The van der Waals surface area contributed by atoms with Gasteiger partial charge in [0.15, 0.2) is 0 Å². The van der Waals surface area contributed by atoms with Crippen molar-refractivity contribution in [2.75, 3.05) is 5.32 Å². The summed E-state index contributed by atoms with van der Waals surface area (Å²) in [5, 5.41) is 7.80. The second-order valence-electron chi connectivity index (χ2n) is 7.22. The first-order valence-corrected chi connectivity index (χ1v) is 9.87. The number of nitrogens with one attached hydrogen (secondary N) is 3. The van der Waals surface area contributed by atoms with Gasteiger partial charge < -0.3 is 21.7 Å². The monoisotopic (exact) mass is 412 g/mol. The first-order valence-electron chi connectivity index (χ1n) is 9.87. The maximum Gasteiger partial charge on any atom is 0.271 e. The molecule has 1 aliphatic rings. The van der Waals surface area contributed by atoms with Crippen molar-refractivity contribution in [3.63, 3.8) is 0 Å². The molecule has 160 valence electrons. The topological polar surface area (TPSA) is 130 Å². The Morgan fingerprint density at radius 2 is 1.60 bits per heavy atom. The van der Waals surface area contributed by atoms with Crippen molar-refractivity contribution in [2.24, 2.45) is 11.7 Å². The fraction of sp³-hybridized carbons (Fsp3) is 0.364. The van der Waals surface area contributed by atoms with Crippen molar-refractivity contribution in [3.05, 3.63) is 53.4 Å². The second-order valence-corrected chi connectivity index (χ2v) is 7.22. The molecule has 0 heterocycles. The van der Waals surface area contributed by atoms with Gasteiger partial charge in [0, 0.05) is 18.5 Å². The third kappa shape index (κ3) is 6.04. The molecule has 2 atom stereocenters. The van der Waals surface area contributed by atoms with Gasteiger partial charge in [0.05, 0.1) is 0 Å². The van der Waals surface area contributed by atoms with Crippen LogP contribution in [0.4, 0.5) is 5.69 Å². The van der Waals surface area contributed by atoms with Gasteiger partial charge in [-0.1, -0.05) is 24.3 Å². The van der Waals surface area contributed by atoms with E-state index in [1.54, 1.807) is 13.8 Å². The van der Waals surface area contributed by atoms with E-state index < -0.39 is 11.8 Å². The lowest BCUT2D eigenvalue weighted by molar-refractivity contribution is -0.126. The molecule has 4 amide bonds. The summed E-state index contributed by atoms with van der Waals surface area (Å²) in [5.74, 6) is -1.68. The number of anilines is 1. The highest BCUT2D eigenvalue weighted by atomic mass is 16.2. The lowest BCUT2D eigenvalue weighted by Gasteiger charge is -2.15. The van der Waals surface area contributed by atoms with Crippen LogP contribution in [0.1, 0.15) is 51.5 Å². The highest BCUT2D eigenvalue weighted by molar-refractivity contribution is 6.03. The van der Waals surface area contributed by atoms with Crippen molar-refractivity contribution in [2.45, 2.75) is 46.0 Å². The number of allylic oxidation sites excluding steroid dienone is 2. The Labute approximate surface area is 176 Å². The van der Waals surface area contributed by atoms with Crippen molar-refractivity contribution in [3.8, 4) is 0 Å². The maximum absolute atomic E-state index is 12.7. The van der Waals surface area contributed by atoms with Gasteiger partial charge in [-0.25, -0.2) is 0 Å². The van der Waals surface area contributed by atoms with Crippen LogP contribution in [0, 0.1) is 5.92 Å². The van der Waals surface area contributed by atoms with E-state index >= 15 is 0 Å². The average molecular weight is 412 g/mol. The molecule has 30 heavy (non-hydrogen) atoms. The van der Waals surface area contributed by atoms with E-state index in [0.717, 1.165) is 17.7 Å². The summed E-state index contributed by atoms with van der Waals surface area (Å²) in [6.07, 6.45) is 5.12. The van der Waals surface area contributed by atoms with Gasteiger partial charge in [0.25, 0.3) is 11.8 Å². The molecule has 1 aliphatic carbocycles. The van der Waals surface area contributed by atoms with Crippen LogP contribution < -0.4 is 21.7 Å². The highest BCUT2D eigenvalue weighted by Gasteiger charge is 2.31. The van der Waals surface area contributed by atoms with E-state index in [2.05, 4.69) is 16.0 Å². The van der Waals surface area contributed by atoms with E-state index in [4.69, 9.17) is 5.73 Å². The van der Waals surface area contributed by atoms with E-state index in [1.807, 2.05) is 24.3 Å². The van der Waals surface area contributed by atoms with Crippen LogP contribution in [0.15, 0.2) is 47.8 Å². The van der Waals surface area contributed by atoms with Crippen molar-refractivity contribution in [1.29, 1.82) is 0 Å². The summed E-state index contributed by atoms with van der Waals surface area (Å²) < 4.78 is 0. The van der Waals surface area contributed by atoms with Gasteiger partial charge in [-0.3, -0.25) is 19.2 Å². The number of hydrogen-bond donors (Lipinski definition) is 4. The number of amides is 4. The van der Waals surface area contributed by atoms with Crippen molar-refractivity contribution in [1.82, 2.24) is 10.6 Å². The normalized spacial score (nSPS) is 19.2. The number of hydrogen-bond acceptors (Lipinski definition) is 4. The van der Waals surface area contributed by atoms with Gasteiger partial charge in [-0.05, 0) is 56.7 Å². The fourth-order valence-electron chi connectivity index (χ4n) is 3.52. The molecule has 0 aliphatic heterocycles. The molecule has 1 aromatic carbocycles. The Balaban J connectivity index is 1.95. The van der Waals surface area contributed by atoms with E-state index in [9.17, 15) is 19.2 Å². The van der Waals surface area contributed by atoms with E-state index in [0.29, 0.717) is 12.8 Å². The lowest BCUT2D eigenvalue weighted by atomic mass is 9.96. The van der Waals surface area contributed by atoms with Crippen molar-refractivity contribution < 1.29 is 19.2 Å². The van der Waals surface area contributed by atoms with Gasteiger partial charge in [-0.15, -0.1) is 0 Å². The summed E-state index contributed by atoms with van der Waals surface area (Å²) >= 11 is 0. The van der Waals surface area contributed by atoms with Gasteiger partial charge in [0.1, 0.15) is 11.4 Å². The molecule has 0 spiro atoms. The van der Waals surface area contributed by atoms with Crippen molar-refractivity contribution >= 4 is 29.3 Å². The Kier molecular flexibility index (Phi) is 7.91. The highest BCUT2D eigenvalue weighted by Crippen LogP contribution is 2.38. The number of nitrogens with two attached hydrogens (primary N) is 1. The molecule has 0 bridgehead atoms. The standard InChI is InChI=1S/C22H28N4O4/c1-4-18(20(23)28)25-22(30)19(5-2)26-21(29)16-7-6-15(12-16)14-8-10-17(11-9-14)24-13(3)27/h4-5,8-11,15-16H,6-7,12H2,1-3H3,(H2,23,28)(H,24,27)(H,25,30)(H,26,29)/b18-4+,19-5?. The molecule has 8 nitrogen and oxygen atoms in total. The Bertz CT molecular complexity index is 887. The van der Waals surface area contributed by atoms with Crippen LogP contribution >= 0.6 is 0 Å². The minimum absolute atomic E-state index is 0.0303. The summed E-state index contributed by atoms with van der Waals surface area (Å²) in [5.41, 5.74) is 7.08. The zero-order chi connectivity index (χ0) is 22.3. The molecule has 8 heteroatoms. The number of carbonyl (C=O) groups is 4. The Morgan fingerprint density at radius 3 is 2.13 bits per heavy atom. The van der Waals surface area contributed by atoms with Gasteiger partial charge in [-0.2, -0.15) is 0 Å². The van der Waals surface area contributed by atoms with Crippen LogP contribution in [0.25, 0.3) is 0 Å². The Hall–Kier alpha value is -3.42. The molecule has 5 N–H and O–H groups in total. The predicted molar refractivity (Wildman–Crippen MR) is 114 cm³/mol. The smallest absolute Gasteiger partial charge is 0.271 e. The summed E-state index contributed by atoms with van der Waals surface area (Å²) in [7, 11) is 0. The molecular formula is C22H28N4O4. The number of primary amides is 1. The minimum Gasteiger partial charge on any atom is -0.364 e. The predicted octanol–water partition coefficient (Wildman–Crippen LogP) is 2.05. The molecular weight excluding hydrogens is 384 g/mol. The maximum atomic E-state index is 12.7. The minimum atomic E-state index is -0.754. The first-order chi connectivity index (χ1) is 14.2. The zero-order valence-electron chi connectivity index (χ0n) is 17.5. The Morgan fingerprint density at radius 1 is 0.967 bits per heavy atom. The summed E-state index contributed by atoms with van der Waals surface area (Å²) in [4.78, 5) is 47.4. The first kappa shape index (κ1) is 22.9. The van der Waals surface area contributed by atoms with Gasteiger partial charge >= 0.3 is 0 Å². The van der Waals surface area contributed by atoms with E-state index in [-0.39, 0.29) is 35.0 Å². The molecule has 2 unspecified atom stereocenters. The van der Waals surface area contributed by atoms with Crippen LogP contribution in [-0.4, -0.2) is 23.6 Å².